The smallest absolute Gasteiger partial charge is 0.338 e. The average molecular weight is 440 g/mol. The van der Waals surface area contributed by atoms with Crippen LogP contribution in [0, 0.1) is 11.3 Å². The highest BCUT2D eigenvalue weighted by molar-refractivity contribution is 7.18. The molecule has 0 aliphatic heterocycles. The first kappa shape index (κ1) is 21.7. The lowest BCUT2D eigenvalue weighted by Crippen LogP contribution is -2.28. The lowest BCUT2D eigenvalue weighted by Gasteiger charge is -2.33. The number of nitrogens with zero attached hydrogens (tertiary/aromatic N) is 3. The van der Waals surface area contributed by atoms with E-state index in [1.165, 1.54) is 9.56 Å². The van der Waals surface area contributed by atoms with Crippen LogP contribution < -0.4 is 5.56 Å². The minimum absolute atomic E-state index is 0.105. The number of aromatic nitrogens is 3. The summed E-state index contributed by atoms with van der Waals surface area (Å²) in [4.78, 5) is 27.5. The molecule has 7 heteroatoms. The van der Waals surface area contributed by atoms with Crippen LogP contribution in [0.25, 0.3) is 10.2 Å². The number of ether oxygens (including phenoxy) is 1. The van der Waals surface area contributed by atoms with E-state index in [-0.39, 0.29) is 29.6 Å². The van der Waals surface area contributed by atoms with Crippen LogP contribution in [0.4, 0.5) is 0 Å². The van der Waals surface area contributed by atoms with Crippen molar-refractivity contribution in [3.05, 3.63) is 56.2 Å². The summed E-state index contributed by atoms with van der Waals surface area (Å²) in [6, 6.07) is 7.14. The van der Waals surface area contributed by atoms with Crippen LogP contribution in [-0.4, -0.2) is 27.1 Å². The fraction of sp³-hybridized carbons (Fsp3) is 0.500. The second-order valence-corrected chi connectivity index (χ2v) is 10.8. The van der Waals surface area contributed by atoms with Gasteiger partial charge in [-0.05, 0) is 67.7 Å². The molecule has 6 nitrogen and oxygen atoms in total. The molecule has 1 aliphatic carbocycles. The number of rotatable bonds is 4. The molecule has 1 aromatic carbocycles. The summed E-state index contributed by atoms with van der Waals surface area (Å²) in [5.74, 6) is 0.239. The van der Waals surface area contributed by atoms with Gasteiger partial charge >= 0.3 is 5.97 Å². The van der Waals surface area contributed by atoms with Gasteiger partial charge in [0, 0.05) is 4.88 Å². The van der Waals surface area contributed by atoms with E-state index < -0.39 is 0 Å². The average Bonchev–Trinajstić information content (AvgIpc) is 3.07. The van der Waals surface area contributed by atoms with Crippen molar-refractivity contribution in [1.82, 2.24) is 15.0 Å². The molecule has 0 radical (unpaired) electrons. The van der Waals surface area contributed by atoms with Gasteiger partial charge in [0.05, 0.1) is 23.6 Å². The van der Waals surface area contributed by atoms with Gasteiger partial charge in [-0.1, -0.05) is 38.1 Å². The zero-order valence-corrected chi connectivity index (χ0v) is 19.6. The minimum Gasteiger partial charge on any atom is -0.459 e. The molecule has 2 aromatic heterocycles. The molecule has 4 rings (SSSR count). The van der Waals surface area contributed by atoms with E-state index in [9.17, 15) is 9.59 Å². The number of esters is 1. The molecule has 31 heavy (non-hydrogen) atoms. The maximum Gasteiger partial charge on any atom is 0.338 e. The Hall–Kier alpha value is -2.54. The van der Waals surface area contributed by atoms with E-state index in [0.29, 0.717) is 11.5 Å². The predicted molar refractivity (Wildman–Crippen MR) is 123 cm³/mol. The van der Waals surface area contributed by atoms with Crippen LogP contribution in [0.15, 0.2) is 29.1 Å². The van der Waals surface area contributed by atoms with Crippen molar-refractivity contribution in [3.63, 3.8) is 0 Å². The van der Waals surface area contributed by atoms with Crippen LogP contribution >= 0.6 is 11.3 Å². The zero-order chi connectivity index (χ0) is 22.3. The summed E-state index contributed by atoms with van der Waals surface area (Å²) in [7, 11) is 0. The number of carbonyl (C=O) groups excluding carboxylic acids is 1. The first-order valence-electron chi connectivity index (χ1n) is 10.8. The lowest BCUT2D eigenvalue weighted by molar-refractivity contribution is 0.0377. The molecule has 164 valence electrons. The monoisotopic (exact) mass is 439 g/mol. The lowest BCUT2D eigenvalue weighted by atomic mass is 9.72. The number of aryl methyl sites for hydroxylation is 1. The molecule has 1 unspecified atom stereocenters. The van der Waals surface area contributed by atoms with E-state index in [1.54, 1.807) is 29.5 Å². The number of fused-ring (bicyclic) bond motifs is 3. The third-order valence-corrected chi connectivity index (χ3v) is 7.14. The van der Waals surface area contributed by atoms with Crippen molar-refractivity contribution in [1.29, 1.82) is 0 Å². The van der Waals surface area contributed by atoms with E-state index >= 15 is 0 Å². The fourth-order valence-corrected chi connectivity index (χ4v) is 5.46. The molecule has 0 saturated heterocycles. The Balaban J connectivity index is 1.64. The summed E-state index contributed by atoms with van der Waals surface area (Å²) in [6.45, 7) is 10.8. The second-order valence-electron chi connectivity index (χ2n) is 9.70. The largest absolute Gasteiger partial charge is 0.459 e. The zero-order valence-electron chi connectivity index (χ0n) is 18.8. The van der Waals surface area contributed by atoms with Crippen LogP contribution in [0.5, 0.6) is 0 Å². The van der Waals surface area contributed by atoms with Crippen LogP contribution in [0.1, 0.15) is 67.4 Å². The predicted octanol–water partition coefficient (Wildman–Crippen LogP) is 4.62. The Labute approximate surface area is 186 Å². The number of benzene rings is 1. The van der Waals surface area contributed by atoms with Gasteiger partial charge < -0.3 is 4.74 Å². The quantitative estimate of drug-likeness (QED) is 0.555. The SMILES string of the molecule is CC(C)OC(=O)c1cccc(Cn2nnc3sc4c(c3c2=O)CCC(C(C)(C)C)C4)c1. The van der Waals surface area contributed by atoms with E-state index in [0.717, 1.165) is 40.6 Å². The molecule has 2 heterocycles. The van der Waals surface area contributed by atoms with Crippen molar-refractivity contribution in [2.75, 3.05) is 0 Å². The summed E-state index contributed by atoms with van der Waals surface area (Å²) < 4.78 is 6.67. The molecule has 0 N–H and O–H groups in total. The molecule has 0 fully saturated rings. The standard InChI is InChI=1S/C24H29N3O3S/c1-14(2)30-23(29)16-8-6-7-15(11-16)13-27-22(28)20-18-10-9-17(24(3,4)5)12-19(18)31-21(20)25-26-27/h6-8,11,14,17H,9-10,12-13H2,1-5H3. The molecule has 0 spiro atoms. The van der Waals surface area contributed by atoms with Gasteiger partial charge in [-0.25, -0.2) is 9.48 Å². The van der Waals surface area contributed by atoms with Crippen molar-refractivity contribution >= 4 is 27.5 Å². The highest BCUT2D eigenvalue weighted by Crippen LogP contribution is 2.41. The Morgan fingerprint density at radius 2 is 2.10 bits per heavy atom. The summed E-state index contributed by atoms with van der Waals surface area (Å²) >= 11 is 1.61. The Morgan fingerprint density at radius 1 is 1.32 bits per heavy atom. The molecule has 0 amide bonds. The Bertz CT molecular complexity index is 1190. The maximum atomic E-state index is 13.3. The molecular weight excluding hydrogens is 410 g/mol. The minimum atomic E-state index is -0.369. The third kappa shape index (κ3) is 4.42. The highest BCUT2D eigenvalue weighted by Gasteiger charge is 2.32. The van der Waals surface area contributed by atoms with Crippen molar-refractivity contribution in [2.45, 2.75) is 66.5 Å². The van der Waals surface area contributed by atoms with E-state index in [2.05, 4.69) is 31.1 Å². The van der Waals surface area contributed by atoms with E-state index in [4.69, 9.17) is 4.74 Å². The van der Waals surface area contributed by atoms with Crippen molar-refractivity contribution in [3.8, 4) is 0 Å². The summed E-state index contributed by atoms with van der Waals surface area (Å²) in [5.41, 5.74) is 2.58. The number of thiophene rings is 1. The van der Waals surface area contributed by atoms with Gasteiger partial charge in [0.1, 0.15) is 0 Å². The van der Waals surface area contributed by atoms with Gasteiger partial charge in [0.25, 0.3) is 5.56 Å². The first-order chi connectivity index (χ1) is 14.6. The normalized spacial score (nSPS) is 16.5. The Kier molecular flexibility index (Phi) is 5.73. The molecule has 1 atom stereocenters. The van der Waals surface area contributed by atoms with Gasteiger partial charge in [0.15, 0.2) is 4.83 Å². The fourth-order valence-electron chi connectivity index (χ4n) is 4.22. The van der Waals surface area contributed by atoms with Crippen LogP contribution in [-0.2, 0) is 24.1 Å². The van der Waals surface area contributed by atoms with E-state index in [1.807, 2.05) is 19.9 Å². The highest BCUT2D eigenvalue weighted by atomic mass is 32.1. The maximum absolute atomic E-state index is 13.3. The first-order valence-corrected chi connectivity index (χ1v) is 11.6. The number of hydrogen-bond donors (Lipinski definition) is 0. The topological polar surface area (TPSA) is 74.1 Å². The molecular formula is C24H29N3O3S. The summed E-state index contributed by atoms with van der Waals surface area (Å²) in [6.07, 6.45) is 2.81. The van der Waals surface area contributed by atoms with Crippen LogP contribution in [0.3, 0.4) is 0 Å². The van der Waals surface area contributed by atoms with Crippen LogP contribution in [0.2, 0.25) is 0 Å². The Morgan fingerprint density at radius 3 is 2.81 bits per heavy atom. The number of hydrogen-bond acceptors (Lipinski definition) is 6. The summed E-state index contributed by atoms with van der Waals surface area (Å²) in [5, 5.41) is 9.27. The van der Waals surface area contributed by atoms with Crippen molar-refractivity contribution in [2.24, 2.45) is 11.3 Å². The number of carbonyl (C=O) groups is 1. The molecule has 0 saturated carbocycles. The molecule has 3 aromatic rings. The third-order valence-electron chi connectivity index (χ3n) is 6.00. The van der Waals surface area contributed by atoms with Gasteiger partial charge in [-0.3, -0.25) is 4.79 Å². The second kappa shape index (κ2) is 8.19. The molecule has 1 aliphatic rings. The van der Waals surface area contributed by atoms with Gasteiger partial charge in [-0.2, -0.15) is 0 Å². The van der Waals surface area contributed by atoms with Crippen molar-refractivity contribution < 1.29 is 9.53 Å². The van der Waals surface area contributed by atoms with Gasteiger partial charge in [-0.15, -0.1) is 16.4 Å². The van der Waals surface area contributed by atoms with Gasteiger partial charge in [0.2, 0.25) is 0 Å². The molecule has 0 bridgehead atoms.